The molecule has 0 aliphatic heterocycles. The minimum absolute atomic E-state index is 0.0238. The highest BCUT2D eigenvalue weighted by molar-refractivity contribution is 7.82. The van der Waals surface area contributed by atoms with Gasteiger partial charge in [-0.05, 0) is 12.8 Å². The fourth-order valence-electron chi connectivity index (χ4n) is 0.863. The van der Waals surface area contributed by atoms with Crippen LogP contribution in [0.4, 0.5) is 0 Å². The van der Waals surface area contributed by atoms with E-state index in [9.17, 15) is 9.59 Å². The lowest BCUT2D eigenvalue weighted by atomic mass is 10.1. The van der Waals surface area contributed by atoms with Gasteiger partial charge >= 0.3 is 0 Å². The molecule has 2 unspecified atom stereocenters. The number of carbonyl (C=O) groups is 2. The lowest BCUT2D eigenvalue weighted by Gasteiger charge is -2.08. The molecule has 0 bridgehead atoms. The fourth-order valence-corrected chi connectivity index (χ4v) is 1.05. The van der Waals surface area contributed by atoms with Gasteiger partial charge in [0.25, 0.3) is 0 Å². The maximum absolute atomic E-state index is 11.3. The molecule has 0 aliphatic carbocycles. The second-order valence-corrected chi connectivity index (χ2v) is 4.20. The first kappa shape index (κ1) is 13.0. The van der Waals surface area contributed by atoms with Gasteiger partial charge in [-0.1, -0.05) is 13.8 Å². The summed E-state index contributed by atoms with van der Waals surface area (Å²) in [5.41, 5.74) is 0. The lowest BCUT2D eigenvalue weighted by Crippen LogP contribution is -2.22. The van der Waals surface area contributed by atoms with Crippen LogP contribution in [-0.4, -0.2) is 22.1 Å². The molecule has 0 aromatic carbocycles. The van der Waals surface area contributed by atoms with Crippen LogP contribution in [-0.2, 0) is 9.59 Å². The Morgan fingerprint density at radius 3 is 1.54 bits per heavy atom. The van der Waals surface area contributed by atoms with Crippen molar-refractivity contribution in [2.24, 2.45) is 0 Å². The summed E-state index contributed by atoms with van der Waals surface area (Å²) in [6.07, 6.45) is 1.31. The van der Waals surface area contributed by atoms with Gasteiger partial charge in [-0.3, -0.25) is 9.59 Å². The fraction of sp³-hybridized carbons (Fsp3) is 0.778. The average molecular weight is 220 g/mol. The topological polar surface area (TPSA) is 34.1 Å². The molecule has 0 aromatic rings. The minimum Gasteiger partial charge on any atom is -0.298 e. The summed E-state index contributed by atoms with van der Waals surface area (Å²) in [5.74, 6) is -0.188. The molecule has 0 rings (SSSR count). The summed E-state index contributed by atoms with van der Waals surface area (Å²) < 4.78 is 0. The summed E-state index contributed by atoms with van der Waals surface area (Å²) in [6.45, 7) is 3.75. The van der Waals surface area contributed by atoms with Crippen molar-refractivity contribution in [2.45, 2.75) is 43.6 Å². The Kier molecular flexibility index (Phi) is 6.51. The van der Waals surface area contributed by atoms with Gasteiger partial charge < -0.3 is 0 Å². The van der Waals surface area contributed by atoms with Gasteiger partial charge in [-0.15, -0.1) is 0 Å². The van der Waals surface area contributed by atoms with Crippen molar-refractivity contribution in [1.29, 1.82) is 0 Å². The van der Waals surface area contributed by atoms with Gasteiger partial charge in [0, 0.05) is 0 Å². The predicted molar refractivity (Wildman–Crippen MR) is 60.8 cm³/mol. The number of hydrogen-bond donors (Lipinski definition) is 2. The molecule has 76 valence electrons. The Labute approximate surface area is 90.3 Å². The van der Waals surface area contributed by atoms with Crippen molar-refractivity contribution in [3.63, 3.8) is 0 Å². The summed E-state index contributed by atoms with van der Waals surface area (Å²) >= 11 is 8.14. The standard InChI is InChI=1S/C9H16O2S2/c1-3-8(12)6(10)5-7(11)9(13)4-2/h8-9,12-13H,3-5H2,1-2H3. The molecular formula is C9H16O2S2. The molecule has 2 atom stereocenters. The van der Waals surface area contributed by atoms with E-state index in [1.165, 1.54) is 0 Å². The van der Waals surface area contributed by atoms with Crippen molar-refractivity contribution in [2.75, 3.05) is 0 Å². The molecule has 0 heterocycles. The first-order valence-electron chi connectivity index (χ1n) is 4.44. The third-order valence-electron chi connectivity index (χ3n) is 1.87. The van der Waals surface area contributed by atoms with Crippen molar-refractivity contribution in [3.8, 4) is 0 Å². The van der Waals surface area contributed by atoms with Crippen LogP contribution in [0.1, 0.15) is 33.1 Å². The highest BCUT2D eigenvalue weighted by Gasteiger charge is 2.19. The maximum atomic E-state index is 11.3. The number of carbonyl (C=O) groups excluding carboxylic acids is 2. The van der Waals surface area contributed by atoms with E-state index in [-0.39, 0.29) is 28.5 Å². The zero-order valence-corrected chi connectivity index (χ0v) is 9.78. The summed E-state index contributed by atoms with van der Waals surface area (Å²) in [7, 11) is 0. The third kappa shape index (κ3) is 4.72. The van der Waals surface area contributed by atoms with Crippen LogP contribution in [0.25, 0.3) is 0 Å². The first-order valence-corrected chi connectivity index (χ1v) is 5.47. The number of rotatable bonds is 6. The smallest absolute Gasteiger partial charge is 0.152 e. The van der Waals surface area contributed by atoms with E-state index >= 15 is 0 Å². The molecule has 2 nitrogen and oxygen atoms in total. The molecule has 0 amide bonds. The highest BCUT2D eigenvalue weighted by atomic mass is 32.1. The van der Waals surface area contributed by atoms with E-state index in [1.54, 1.807) is 0 Å². The SMILES string of the molecule is CCC(S)C(=O)CC(=O)C(S)CC. The Bertz CT molecular complexity index is 172. The maximum Gasteiger partial charge on any atom is 0.152 e. The molecule has 0 fully saturated rings. The number of thiol groups is 2. The number of ketones is 2. The van der Waals surface area contributed by atoms with Gasteiger partial charge in [-0.25, -0.2) is 0 Å². The average Bonchev–Trinajstić information content (AvgIpc) is 2.14. The van der Waals surface area contributed by atoms with Crippen LogP contribution in [0.2, 0.25) is 0 Å². The molecule has 13 heavy (non-hydrogen) atoms. The second kappa shape index (κ2) is 6.49. The van der Waals surface area contributed by atoms with Crippen molar-refractivity contribution < 1.29 is 9.59 Å². The first-order chi connectivity index (χ1) is 6.02. The molecule has 4 heteroatoms. The zero-order chi connectivity index (χ0) is 10.4. The molecular weight excluding hydrogens is 204 g/mol. The molecule has 0 spiro atoms. The Balaban J connectivity index is 3.99. The zero-order valence-electron chi connectivity index (χ0n) is 7.99. The van der Waals surface area contributed by atoms with Crippen LogP contribution in [0, 0.1) is 0 Å². The molecule has 0 aliphatic rings. The van der Waals surface area contributed by atoms with Gasteiger partial charge in [0.2, 0.25) is 0 Å². The third-order valence-corrected chi connectivity index (χ3v) is 3.17. The highest BCUT2D eigenvalue weighted by Crippen LogP contribution is 2.10. The molecule has 0 aromatic heterocycles. The summed E-state index contributed by atoms with van der Waals surface area (Å²) in [4.78, 5) is 22.5. The van der Waals surface area contributed by atoms with Crippen molar-refractivity contribution in [1.82, 2.24) is 0 Å². The summed E-state index contributed by atoms with van der Waals surface area (Å²) in [5, 5.41) is -0.609. The molecule has 0 N–H and O–H groups in total. The van der Waals surface area contributed by atoms with E-state index in [2.05, 4.69) is 25.3 Å². The van der Waals surface area contributed by atoms with Crippen LogP contribution in [0.5, 0.6) is 0 Å². The Morgan fingerprint density at radius 1 is 1.00 bits per heavy atom. The predicted octanol–water partition coefficient (Wildman–Crippen LogP) is 1.93. The van der Waals surface area contributed by atoms with E-state index in [1.807, 2.05) is 13.8 Å². The van der Waals surface area contributed by atoms with E-state index in [4.69, 9.17) is 0 Å². The Hall–Kier alpha value is 0.0400. The van der Waals surface area contributed by atoms with Gasteiger partial charge in [0.1, 0.15) is 0 Å². The van der Waals surface area contributed by atoms with Crippen LogP contribution in [0.3, 0.4) is 0 Å². The molecule has 0 saturated heterocycles. The van der Waals surface area contributed by atoms with Crippen LogP contribution < -0.4 is 0 Å². The minimum atomic E-state index is -0.304. The van der Waals surface area contributed by atoms with Crippen molar-refractivity contribution in [3.05, 3.63) is 0 Å². The van der Waals surface area contributed by atoms with Crippen molar-refractivity contribution >= 4 is 36.8 Å². The van der Waals surface area contributed by atoms with Gasteiger partial charge in [-0.2, -0.15) is 25.3 Å². The van der Waals surface area contributed by atoms with Crippen LogP contribution >= 0.6 is 25.3 Å². The molecule has 0 radical (unpaired) electrons. The quantitative estimate of drug-likeness (QED) is 0.530. The largest absolute Gasteiger partial charge is 0.298 e. The monoisotopic (exact) mass is 220 g/mol. The van der Waals surface area contributed by atoms with E-state index in [0.717, 1.165) is 0 Å². The van der Waals surface area contributed by atoms with Crippen LogP contribution in [0.15, 0.2) is 0 Å². The normalized spacial score (nSPS) is 15.1. The Morgan fingerprint density at radius 2 is 1.31 bits per heavy atom. The van der Waals surface area contributed by atoms with Gasteiger partial charge in [0.05, 0.1) is 16.9 Å². The van der Waals surface area contributed by atoms with Gasteiger partial charge in [0.15, 0.2) is 11.6 Å². The number of Topliss-reactive ketones (excluding diaryl/α,β-unsaturated/α-hetero) is 2. The van der Waals surface area contributed by atoms with E-state index < -0.39 is 0 Å². The molecule has 0 saturated carbocycles. The summed E-state index contributed by atoms with van der Waals surface area (Å²) in [6, 6.07) is 0. The van der Waals surface area contributed by atoms with E-state index in [0.29, 0.717) is 12.8 Å². The number of hydrogen-bond acceptors (Lipinski definition) is 4. The lowest BCUT2D eigenvalue weighted by molar-refractivity contribution is -0.126. The second-order valence-electron chi connectivity index (χ2n) is 2.96.